The van der Waals surface area contributed by atoms with Gasteiger partial charge >= 0.3 is 0 Å². The third kappa shape index (κ3) is 3.91. The summed E-state index contributed by atoms with van der Waals surface area (Å²) in [7, 11) is 0. The maximum absolute atomic E-state index is 12.6. The number of aromatic nitrogens is 4. The van der Waals surface area contributed by atoms with Gasteiger partial charge in [-0.15, -0.1) is 0 Å². The quantitative estimate of drug-likeness (QED) is 0.586. The molecule has 136 valence electrons. The molecule has 3 aromatic heterocycles. The van der Waals surface area contributed by atoms with Crippen LogP contribution in [0, 0.1) is 0 Å². The van der Waals surface area contributed by atoms with E-state index in [4.69, 9.17) is 5.11 Å². The molecule has 0 aliphatic carbocycles. The highest BCUT2D eigenvalue weighted by molar-refractivity contribution is 5.93. The van der Waals surface area contributed by atoms with Gasteiger partial charge in [0.05, 0.1) is 24.7 Å². The van der Waals surface area contributed by atoms with Crippen molar-refractivity contribution < 1.29 is 13.9 Å². The molecule has 3 aromatic rings. The Balaban J connectivity index is 2.08. The lowest BCUT2D eigenvalue weighted by molar-refractivity contribution is 0.163. The van der Waals surface area contributed by atoms with Crippen LogP contribution in [0.1, 0.15) is 0 Å². The Morgan fingerprint density at radius 1 is 1.27 bits per heavy atom. The number of aliphatic hydroxyl groups excluding tert-OH is 1. The summed E-state index contributed by atoms with van der Waals surface area (Å²) in [6, 6.07) is 3.27. The minimum atomic E-state index is -2.60. The van der Waals surface area contributed by atoms with Crippen molar-refractivity contribution in [3.05, 3.63) is 47.3 Å². The molecule has 3 N–H and O–H groups in total. The first-order valence-corrected chi connectivity index (χ1v) is 7.78. The number of nitrogens with one attached hydrogen (secondary N) is 2. The van der Waals surface area contributed by atoms with Crippen LogP contribution >= 0.6 is 0 Å². The summed E-state index contributed by atoms with van der Waals surface area (Å²) >= 11 is 0. The van der Waals surface area contributed by atoms with E-state index in [9.17, 15) is 13.6 Å². The van der Waals surface area contributed by atoms with Gasteiger partial charge in [-0.2, -0.15) is 0 Å². The molecule has 8 nitrogen and oxygen atoms in total. The van der Waals surface area contributed by atoms with Crippen molar-refractivity contribution in [1.29, 1.82) is 0 Å². The van der Waals surface area contributed by atoms with Crippen LogP contribution in [0.2, 0.25) is 0 Å². The molecule has 0 aliphatic rings. The minimum Gasteiger partial charge on any atom is -0.395 e. The zero-order valence-corrected chi connectivity index (χ0v) is 13.6. The van der Waals surface area contributed by atoms with Crippen LogP contribution < -0.4 is 16.2 Å². The number of nitrogens with zero attached hydrogens (tertiary/aromatic N) is 4. The lowest BCUT2D eigenvalue weighted by Gasteiger charge is -2.13. The number of halogens is 2. The summed E-state index contributed by atoms with van der Waals surface area (Å²) in [4.78, 5) is 24.8. The first kappa shape index (κ1) is 17.7. The molecule has 3 heterocycles. The fraction of sp³-hybridized carbons (Fsp3) is 0.250. The van der Waals surface area contributed by atoms with E-state index in [-0.39, 0.29) is 24.4 Å². The van der Waals surface area contributed by atoms with E-state index in [1.165, 1.54) is 29.4 Å². The highest BCUT2D eigenvalue weighted by Gasteiger charge is 2.13. The molecule has 0 bridgehead atoms. The van der Waals surface area contributed by atoms with Gasteiger partial charge in [-0.3, -0.25) is 9.78 Å². The predicted octanol–water partition coefficient (Wildman–Crippen LogP) is 1.60. The van der Waals surface area contributed by atoms with Crippen LogP contribution in [-0.2, 0) is 6.54 Å². The second kappa shape index (κ2) is 7.83. The molecule has 10 heteroatoms. The third-order valence-electron chi connectivity index (χ3n) is 3.54. The number of alkyl halides is 2. The van der Waals surface area contributed by atoms with E-state index in [1.807, 2.05) is 0 Å². The molecule has 0 aromatic carbocycles. The topological polar surface area (TPSA) is 105 Å². The molecule has 0 unspecified atom stereocenters. The van der Waals surface area contributed by atoms with Gasteiger partial charge < -0.3 is 20.3 Å². The average molecular weight is 362 g/mol. The Hall–Kier alpha value is -3.14. The summed E-state index contributed by atoms with van der Waals surface area (Å²) in [5.74, 6) is 0.785. The molecule has 0 saturated heterocycles. The highest BCUT2D eigenvalue weighted by Crippen LogP contribution is 2.23. The number of pyridine rings is 2. The molecule has 0 radical (unpaired) electrons. The first-order chi connectivity index (χ1) is 12.6. The molecule has 3 rings (SSSR count). The third-order valence-corrected chi connectivity index (χ3v) is 3.54. The standard InChI is InChI=1S/C16H16F2N6O2/c17-11(18)8-21-15-14-10(1-4-24(5-6-25)16(14)26)7-12(23-15)22-13-9-19-2-3-20-13/h1-4,7,9,11,25H,5-6,8H2,(H2,20,21,22,23). The van der Waals surface area contributed by atoms with Crippen LogP contribution in [0.4, 0.5) is 26.2 Å². The van der Waals surface area contributed by atoms with Crippen LogP contribution in [0.3, 0.4) is 0 Å². The number of rotatable bonds is 7. The van der Waals surface area contributed by atoms with Gasteiger partial charge in [-0.05, 0) is 17.5 Å². The molecule has 0 fully saturated rings. The van der Waals surface area contributed by atoms with E-state index in [1.54, 1.807) is 12.1 Å². The van der Waals surface area contributed by atoms with Crippen LogP contribution in [-0.4, -0.2) is 44.2 Å². The predicted molar refractivity (Wildman–Crippen MR) is 92.9 cm³/mol. The van der Waals surface area contributed by atoms with Crippen molar-refractivity contribution in [3.8, 4) is 0 Å². The summed E-state index contributed by atoms with van der Waals surface area (Å²) in [6.07, 6.45) is 3.42. The second-order valence-electron chi connectivity index (χ2n) is 5.35. The van der Waals surface area contributed by atoms with Crippen molar-refractivity contribution >= 4 is 28.2 Å². The zero-order chi connectivity index (χ0) is 18.5. The number of hydrogen-bond acceptors (Lipinski definition) is 7. The van der Waals surface area contributed by atoms with Crippen molar-refractivity contribution in [2.24, 2.45) is 0 Å². The summed E-state index contributed by atoms with van der Waals surface area (Å²) < 4.78 is 26.6. The zero-order valence-electron chi connectivity index (χ0n) is 13.6. The molecule has 0 atom stereocenters. The van der Waals surface area contributed by atoms with Crippen LogP contribution in [0.15, 0.2) is 41.7 Å². The normalized spacial score (nSPS) is 11.1. The summed E-state index contributed by atoms with van der Waals surface area (Å²) in [5, 5.41) is 15.2. The number of hydrogen-bond donors (Lipinski definition) is 3. The van der Waals surface area contributed by atoms with Crippen molar-refractivity contribution in [1.82, 2.24) is 19.5 Å². The maximum Gasteiger partial charge on any atom is 0.262 e. The van der Waals surface area contributed by atoms with E-state index >= 15 is 0 Å². The van der Waals surface area contributed by atoms with Crippen LogP contribution in [0.5, 0.6) is 0 Å². The van der Waals surface area contributed by atoms with Gasteiger partial charge in [0.1, 0.15) is 17.5 Å². The van der Waals surface area contributed by atoms with Crippen molar-refractivity contribution in [2.45, 2.75) is 13.0 Å². The molecule has 0 spiro atoms. The average Bonchev–Trinajstić information content (AvgIpc) is 2.63. The largest absolute Gasteiger partial charge is 0.395 e. The van der Waals surface area contributed by atoms with E-state index in [0.717, 1.165) is 0 Å². The SMILES string of the molecule is O=c1c2c(NCC(F)F)nc(Nc3cnccn3)cc2ccn1CCO. The van der Waals surface area contributed by atoms with Gasteiger partial charge in [0.15, 0.2) is 0 Å². The Kier molecular flexibility index (Phi) is 5.32. The fourth-order valence-electron chi connectivity index (χ4n) is 2.45. The van der Waals surface area contributed by atoms with Gasteiger partial charge in [-0.1, -0.05) is 0 Å². The van der Waals surface area contributed by atoms with Crippen LogP contribution in [0.25, 0.3) is 10.8 Å². The molecular formula is C16H16F2N6O2. The first-order valence-electron chi connectivity index (χ1n) is 7.78. The minimum absolute atomic E-state index is 0.0338. The molecule has 26 heavy (non-hydrogen) atoms. The Labute approximate surface area is 146 Å². The van der Waals surface area contributed by atoms with E-state index < -0.39 is 18.5 Å². The smallest absolute Gasteiger partial charge is 0.262 e. The van der Waals surface area contributed by atoms with E-state index in [0.29, 0.717) is 17.0 Å². The Morgan fingerprint density at radius 3 is 2.81 bits per heavy atom. The Bertz CT molecular complexity index is 949. The van der Waals surface area contributed by atoms with E-state index in [2.05, 4.69) is 25.6 Å². The van der Waals surface area contributed by atoms with Crippen molar-refractivity contribution in [3.63, 3.8) is 0 Å². The highest BCUT2D eigenvalue weighted by atomic mass is 19.3. The summed E-state index contributed by atoms with van der Waals surface area (Å²) in [5.41, 5.74) is -0.424. The lowest BCUT2D eigenvalue weighted by atomic mass is 10.2. The van der Waals surface area contributed by atoms with Gasteiger partial charge in [0, 0.05) is 25.1 Å². The lowest BCUT2D eigenvalue weighted by Crippen LogP contribution is -2.23. The number of fused-ring (bicyclic) bond motifs is 1. The number of aliphatic hydroxyl groups is 1. The van der Waals surface area contributed by atoms with Gasteiger partial charge in [-0.25, -0.2) is 18.7 Å². The Morgan fingerprint density at radius 2 is 2.12 bits per heavy atom. The van der Waals surface area contributed by atoms with Gasteiger partial charge in [0.25, 0.3) is 12.0 Å². The molecule has 0 amide bonds. The molecule has 0 aliphatic heterocycles. The number of anilines is 3. The molecule has 0 saturated carbocycles. The monoisotopic (exact) mass is 362 g/mol. The maximum atomic E-state index is 12.6. The summed E-state index contributed by atoms with van der Waals surface area (Å²) in [6.45, 7) is -0.765. The van der Waals surface area contributed by atoms with Crippen molar-refractivity contribution in [2.75, 3.05) is 23.8 Å². The van der Waals surface area contributed by atoms with Gasteiger partial charge in [0.2, 0.25) is 0 Å². The fourth-order valence-corrected chi connectivity index (χ4v) is 2.45. The second-order valence-corrected chi connectivity index (χ2v) is 5.35. The molecular weight excluding hydrogens is 346 g/mol.